The van der Waals surface area contributed by atoms with Gasteiger partial charge >= 0.3 is 0 Å². The van der Waals surface area contributed by atoms with Gasteiger partial charge in [-0.15, -0.1) is 11.3 Å². The standard InChI is InChI=1S/C26H35ClN6O3S2/c1-17(2)38(34,35)25-22(10-13-37-25)29-24-20(27)15-28-26(31-24)30-21-7-6-18(14-23(21)36-5)16-33-11-8-19(9-12-33)32(3)4/h6-7,10,13-15,17,19H,8-9,11-12,16H2,1-5H3,(H2,28,29,30,31). The van der Waals surface area contributed by atoms with E-state index in [-0.39, 0.29) is 9.23 Å². The lowest BCUT2D eigenvalue weighted by Gasteiger charge is -2.35. The smallest absolute Gasteiger partial charge is 0.229 e. The lowest BCUT2D eigenvalue weighted by atomic mass is 10.0. The van der Waals surface area contributed by atoms with Crippen molar-refractivity contribution in [2.45, 2.75) is 48.7 Å². The van der Waals surface area contributed by atoms with Crippen LogP contribution in [-0.4, -0.2) is 73.8 Å². The van der Waals surface area contributed by atoms with E-state index >= 15 is 0 Å². The molecule has 9 nitrogen and oxygen atoms in total. The van der Waals surface area contributed by atoms with Crippen molar-refractivity contribution in [2.75, 3.05) is 44.9 Å². The van der Waals surface area contributed by atoms with Gasteiger partial charge < -0.3 is 20.3 Å². The van der Waals surface area contributed by atoms with E-state index < -0.39 is 15.1 Å². The van der Waals surface area contributed by atoms with E-state index in [0.717, 1.165) is 36.7 Å². The molecule has 0 unspecified atom stereocenters. The summed E-state index contributed by atoms with van der Waals surface area (Å²) in [5.74, 6) is 1.29. The number of nitrogens with zero attached hydrogens (tertiary/aromatic N) is 4. The minimum Gasteiger partial charge on any atom is -0.495 e. The molecule has 1 fully saturated rings. The summed E-state index contributed by atoms with van der Waals surface area (Å²) in [5.41, 5.74) is 2.33. The molecule has 38 heavy (non-hydrogen) atoms. The predicted molar refractivity (Wildman–Crippen MR) is 155 cm³/mol. The van der Waals surface area contributed by atoms with E-state index in [1.165, 1.54) is 24.6 Å². The molecule has 12 heteroatoms. The van der Waals surface area contributed by atoms with Gasteiger partial charge in [0.2, 0.25) is 5.95 Å². The highest BCUT2D eigenvalue weighted by atomic mass is 35.5. The molecule has 2 N–H and O–H groups in total. The van der Waals surface area contributed by atoms with Crippen molar-refractivity contribution in [1.82, 2.24) is 19.8 Å². The number of aromatic nitrogens is 2. The Balaban J connectivity index is 1.48. The second-order valence-corrected chi connectivity index (χ2v) is 13.9. The van der Waals surface area contributed by atoms with Crippen LogP contribution in [0.25, 0.3) is 0 Å². The summed E-state index contributed by atoms with van der Waals surface area (Å²) in [6, 6.07) is 8.42. The number of thiophene rings is 1. The number of anilines is 4. The molecule has 0 atom stereocenters. The van der Waals surface area contributed by atoms with Gasteiger partial charge in [-0.25, -0.2) is 13.4 Å². The van der Waals surface area contributed by atoms with Gasteiger partial charge in [-0.3, -0.25) is 4.90 Å². The van der Waals surface area contributed by atoms with Crippen LogP contribution in [-0.2, 0) is 16.4 Å². The highest BCUT2D eigenvalue weighted by molar-refractivity contribution is 7.94. The van der Waals surface area contributed by atoms with Crippen molar-refractivity contribution in [3.05, 3.63) is 46.4 Å². The summed E-state index contributed by atoms with van der Waals surface area (Å²) in [4.78, 5) is 13.6. The van der Waals surface area contributed by atoms with Crippen LogP contribution in [0.3, 0.4) is 0 Å². The molecule has 0 spiro atoms. The molecule has 0 saturated carbocycles. The fourth-order valence-corrected chi connectivity index (χ4v) is 7.22. The van der Waals surface area contributed by atoms with Crippen LogP contribution in [0.5, 0.6) is 5.75 Å². The number of ether oxygens (including phenoxy) is 1. The quantitative estimate of drug-likeness (QED) is 0.328. The monoisotopic (exact) mass is 578 g/mol. The Morgan fingerprint density at radius 2 is 1.92 bits per heavy atom. The second kappa shape index (κ2) is 12.2. The SMILES string of the molecule is COc1cc(CN2CCC(N(C)C)CC2)ccc1Nc1ncc(Cl)c(Nc2ccsc2S(=O)(=O)C(C)C)n1. The molecule has 0 bridgehead atoms. The molecule has 1 aromatic carbocycles. The maximum absolute atomic E-state index is 12.7. The number of hydrogen-bond donors (Lipinski definition) is 2. The molecule has 1 aliphatic heterocycles. The number of rotatable bonds is 10. The summed E-state index contributed by atoms with van der Waals surface area (Å²) in [7, 11) is 2.48. The highest BCUT2D eigenvalue weighted by Gasteiger charge is 2.25. The Labute approximate surface area is 234 Å². The molecule has 3 aromatic rings. The van der Waals surface area contributed by atoms with Gasteiger partial charge in [0, 0.05) is 12.6 Å². The topological polar surface area (TPSA) is 99.7 Å². The lowest BCUT2D eigenvalue weighted by molar-refractivity contribution is 0.140. The summed E-state index contributed by atoms with van der Waals surface area (Å²) < 4.78 is 31.4. The van der Waals surface area contributed by atoms with Gasteiger partial charge in [-0.1, -0.05) is 17.7 Å². The van der Waals surface area contributed by atoms with Crippen LogP contribution >= 0.6 is 22.9 Å². The average molecular weight is 579 g/mol. The van der Waals surface area contributed by atoms with Crippen LogP contribution < -0.4 is 15.4 Å². The molecule has 2 aromatic heterocycles. The van der Waals surface area contributed by atoms with E-state index in [9.17, 15) is 8.42 Å². The van der Waals surface area contributed by atoms with Crippen molar-refractivity contribution in [1.29, 1.82) is 0 Å². The number of likely N-dealkylation sites (tertiary alicyclic amines) is 1. The van der Waals surface area contributed by atoms with E-state index in [2.05, 4.69) is 50.6 Å². The fourth-order valence-electron chi connectivity index (χ4n) is 4.37. The van der Waals surface area contributed by atoms with E-state index in [0.29, 0.717) is 29.2 Å². The van der Waals surface area contributed by atoms with E-state index in [1.54, 1.807) is 32.4 Å². The van der Waals surface area contributed by atoms with E-state index in [1.807, 2.05) is 12.1 Å². The normalized spacial score (nSPS) is 15.3. The minimum absolute atomic E-state index is 0.250. The molecule has 1 saturated heterocycles. The summed E-state index contributed by atoms with van der Waals surface area (Å²) in [6.07, 6.45) is 3.81. The molecule has 0 amide bonds. The summed E-state index contributed by atoms with van der Waals surface area (Å²) in [6.45, 7) is 6.33. The number of halogens is 1. The summed E-state index contributed by atoms with van der Waals surface area (Å²) in [5, 5.41) is 7.73. The lowest BCUT2D eigenvalue weighted by Crippen LogP contribution is -2.41. The van der Waals surface area contributed by atoms with Crippen LogP contribution in [0, 0.1) is 0 Å². The number of hydrogen-bond acceptors (Lipinski definition) is 10. The number of methoxy groups -OCH3 is 1. The number of piperidine rings is 1. The third-order valence-corrected chi connectivity index (χ3v) is 10.7. The zero-order valence-electron chi connectivity index (χ0n) is 22.4. The van der Waals surface area contributed by atoms with Crippen molar-refractivity contribution in [2.24, 2.45) is 0 Å². The van der Waals surface area contributed by atoms with Gasteiger partial charge in [0.05, 0.1) is 29.9 Å². The average Bonchev–Trinajstić information content (AvgIpc) is 3.36. The van der Waals surface area contributed by atoms with E-state index in [4.69, 9.17) is 16.3 Å². The van der Waals surface area contributed by atoms with Crippen molar-refractivity contribution >= 4 is 55.9 Å². The van der Waals surface area contributed by atoms with Crippen LogP contribution in [0.4, 0.5) is 23.1 Å². The molecular formula is C26H35ClN6O3S2. The maximum Gasteiger partial charge on any atom is 0.229 e. The van der Waals surface area contributed by atoms with Crippen molar-refractivity contribution in [3.8, 4) is 5.75 Å². The van der Waals surface area contributed by atoms with Crippen LogP contribution in [0.15, 0.2) is 40.1 Å². The number of benzene rings is 1. The third kappa shape index (κ3) is 6.58. The predicted octanol–water partition coefficient (Wildman–Crippen LogP) is 5.40. The Kier molecular flexibility index (Phi) is 9.15. The maximum atomic E-state index is 12.7. The Morgan fingerprint density at radius 1 is 1.18 bits per heavy atom. The molecule has 0 aliphatic carbocycles. The Hall–Kier alpha value is -2.44. The van der Waals surface area contributed by atoms with Gasteiger partial charge in [0.1, 0.15) is 15.0 Å². The summed E-state index contributed by atoms with van der Waals surface area (Å²) >= 11 is 7.51. The number of sulfone groups is 1. The molecule has 206 valence electrons. The van der Waals surface area contributed by atoms with Crippen molar-refractivity contribution < 1.29 is 13.2 Å². The second-order valence-electron chi connectivity index (χ2n) is 9.86. The first-order valence-corrected chi connectivity index (χ1v) is 15.3. The molecule has 3 heterocycles. The zero-order chi connectivity index (χ0) is 27.4. The highest BCUT2D eigenvalue weighted by Crippen LogP contribution is 2.35. The first-order chi connectivity index (χ1) is 18.1. The van der Waals surface area contributed by atoms with Crippen LogP contribution in [0.2, 0.25) is 5.02 Å². The van der Waals surface area contributed by atoms with Crippen LogP contribution in [0.1, 0.15) is 32.3 Å². The molecule has 0 radical (unpaired) electrons. The van der Waals surface area contributed by atoms with Gasteiger partial charge in [-0.2, -0.15) is 4.98 Å². The largest absolute Gasteiger partial charge is 0.495 e. The first kappa shape index (κ1) is 28.6. The van der Waals surface area contributed by atoms with Gasteiger partial charge in [0.15, 0.2) is 15.7 Å². The Bertz CT molecular complexity index is 1350. The van der Waals surface area contributed by atoms with Gasteiger partial charge in [0.25, 0.3) is 0 Å². The molecule has 4 rings (SSSR count). The van der Waals surface area contributed by atoms with Crippen molar-refractivity contribution in [3.63, 3.8) is 0 Å². The molecule has 1 aliphatic rings. The number of nitrogens with one attached hydrogen (secondary N) is 2. The third-order valence-electron chi connectivity index (χ3n) is 6.71. The fraction of sp³-hybridized carbons (Fsp3) is 0.462. The van der Waals surface area contributed by atoms with Gasteiger partial charge in [-0.05, 0) is 83.0 Å². The zero-order valence-corrected chi connectivity index (χ0v) is 24.8. The first-order valence-electron chi connectivity index (χ1n) is 12.5. The minimum atomic E-state index is -3.45. The molecular weight excluding hydrogens is 544 g/mol. The Morgan fingerprint density at radius 3 is 2.58 bits per heavy atom.